The molecule has 0 spiro atoms. The molecule has 3 heterocycles. The van der Waals surface area contributed by atoms with E-state index in [0.29, 0.717) is 17.6 Å². The van der Waals surface area contributed by atoms with Gasteiger partial charge in [-0.1, -0.05) is 11.6 Å². The number of fused-ring (bicyclic) bond motifs is 3. The Morgan fingerprint density at radius 3 is 2.85 bits per heavy atom. The van der Waals surface area contributed by atoms with Gasteiger partial charge in [-0.05, 0) is 43.2 Å². The number of halogens is 2. The highest BCUT2D eigenvalue weighted by molar-refractivity contribution is 6.31. The highest BCUT2D eigenvalue weighted by Gasteiger charge is 2.42. The van der Waals surface area contributed by atoms with E-state index < -0.39 is 5.82 Å². The molecule has 0 aliphatic carbocycles. The fourth-order valence-corrected chi connectivity index (χ4v) is 3.99. The predicted octanol–water partition coefficient (Wildman–Crippen LogP) is 4.86. The third kappa shape index (κ3) is 3.19. The lowest BCUT2D eigenvalue weighted by Gasteiger charge is -2.20. The number of aromatic nitrogens is 2. The molecule has 3 atom stereocenters. The molecule has 1 N–H and O–H groups in total. The quantitative estimate of drug-likeness (QED) is 0.694. The van der Waals surface area contributed by atoms with E-state index in [9.17, 15) is 4.39 Å². The molecule has 2 saturated heterocycles. The fraction of sp³-hybridized carbons (Fsp3) is 0.300. The van der Waals surface area contributed by atoms with Gasteiger partial charge in [0.1, 0.15) is 29.8 Å². The Hall–Kier alpha value is -2.44. The summed E-state index contributed by atoms with van der Waals surface area (Å²) in [6.45, 7) is 0. The third-order valence-corrected chi connectivity index (χ3v) is 5.42. The fourth-order valence-electron chi connectivity index (χ4n) is 3.81. The second kappa shape index (κ2) is 6.62. The summed E-state index contributed by atoms with van der Waals surface area (Å²) < 4.78 is 25.3. The van der Waals surface area contributed by atoms with Crippen molar-refractivity contribution < 1.29 is 13.9 Å². The maximum Gasteiger partial charge on any atom is 0.141 e. The Balaban J connectivity index is 1.40. The van der Waals surface area contributed by atoms with E-state index in [1.807, 2.05) is 18.2 Å². The summed E-state index contributed by atoms with van der Waals surface area (Å²) >= 11 is 5.85. The third-order valence-electron chi connectivity index (χ3n) is 5.13. The second-order valence-corrected chi connectivity index (χ2v) is 7.33. The van der Waals surface area contributed by atoms with Crippen LogP contribution in [0.15, 0.2) is 42.7 Å². The van der Waals surface area contributed by atoms with Gasteiger partial charge in [0, 0.05) is 23.6 Å². The lowest BCUT2D eigenvalue weighted by molar-refractivity contribution is 0.0640. The van der Waals surface area contributed by atoms with Gasteiger partial charge < -0.3 is 14.8 Å². The highest BCUT2D eigenvalue weighted by Crippen LogP contribution is 2.37. The maximum absolute atomic E-state index is 13.3. The van der Waals surface area contributed by atoms with Crippen LogP contribution in [0.5, 0.6) is 5.75 Å². The average Bonchev–Trinajstić information content (AvgIpc) is 3.28. The van der Waals surface area contributed by atoms with Crippen LogP contribution in [0.25, 0.3) is 10.9 Å². The first-order valence-electron chi connectivity index (χ1n) is 8.95. The zero-order chi connectivity index (χ0) is 18.4. The minimum atomic E-state index is -0.457. The number of hydrogen-bond acceptors (Lipinski definition) is 5. The summed E-state index contributed by atoms with van der Waals surface area (Å²) in [7, 11) is 0. The van der Waals surface area contributed by atoms with Crippen LogP contribution in [-0.4, -0.2) is 28.3 Å². The summed E-state index contributed by atoms with van der Waals surface area (Å²) in [6.07, 6.45) is 5.31. The van der Waals surface area contributed by atoms with Crippen molar-refractivity contribution in [2.45, 2.75) is 37.6 Å². The van der Waals surface area contributed by atoms with E-state index >= 15 is 0 Å². The van der Waals surface area contributed by atoms with Crippen LogP contribution in [0.3, 0.4) is 0 Å². The van der Waals surface area contributed by atoms with Gasteiger partial charge in [-0.25, -0.2) is 14.4 Å². The lowest BCUT2D eigenvalue weighted by atomic mass is 9.98. The van der Waals surface area contributed by atoms with Crippen LogP contribution in [0.4, 0.5) is 15.9 Å². The van der Waals surface area contributed by atoms with Crippen LogP contribution >= 0.6 is 11.6 Å². The van der Waals surface area contributed by atoms with E-state index in [0.717, 1.165) is 35.9 Å². The summed E-state index contributed by atoms with van der Waals surface area (Å²) in [5, 5.41) is 4.07. The van der Waals surface area contributed by atoms with Gasteiger partial charge in [-0.15, -0.1) is 0 Å². The molecule has 2 aromatic carbocycles. The van der Waals surface area contributed by atoms with Gasteiger partial charge >= 0.3 is 0 Å². The van der Waals surface area contributed by atoms with Crippen LogP contribution < -0.4 is 10.1 Å². The molecule has 138 valence electrons. The number of rotatable bonds is 4. The van der Waals surface area contributed by atoms with Crippen molar-refractivity contribution in [3.8, 4) is 5.75 Å². The van der Waals surface area contributed by atoms with Crippen LogP contribution in [-0.2, 0) is 4.74 Å². The monoisotopic (exact) mass is 385 g/mol. The highest BCUT2D eigenvalue weighted by atomic mass is 35.5. The topological polar surface area (TPSA) is 56.3 Å². The number of nitrogens with zero attached hydrogens (tertiary/aromatic N) is 2. The largest absolute Gasteiger partial charge is 0.488 e. The van der Waals surface area contributed by atoms with E-state index in [2.05, 4.69) is 15.3 Å². The Morgan fingerprint density at radius 2 is 2.07 bits per heavy atom. The normalized spacial score (nSPS) is 23.7. The van der Waals surface area contributed by atoms with Crippen LogP contribution in [0, 0.1) is 5.82 Å². The average molecular weight is 386 g/mol. The molecule has 3 aromatic rings. The molecule has 0 radical (unpaired) electrons. The van der Waals surface area contributed by atoms with Gasteiger partial charge in [-0.3, -0.25) is 0 Å². The molecular formula is C20H17ClFN3O2. The van der Waals surface area contributed by atoms with E-state index in [4.69, 9.17) is 21.1 Å². The summed E-state index contributed by atoms with van der Waals surface area (Å²) in [6, 6.07) is 10.2. The number of benzene rings is 2. The molecule has 27 heavy (non-hydrogen) atoms. The number of nitrogens with one attached hydrogen (secondary N) is 1. The van der Waals surface area contributed by atoms with Gasteiger partial charge in [0.2, 0.25) is 0 Å². The van der Waals surface area contributed by atoms with Crippen LogP contribution in [0.1, 0.15) is 19.3 Å². The Kier molecular flexibility index (Phi) is 4.10. The molecule has 5 rings (SSSR count). The summed E-state index contributed by atoms with van der Waals surface area (Å²) in [5.41, 5.74) is 1.42. The molecule has 2 aliphatic rings. The second-order valence-electron chi connectivity index (χ2n) is 6.92. The Labute approximate surface area is 160 Å². The van der Waals surface area contributed by atoms with Gasteiger partial charge in [0.25, 0.3) is 0 Å². The zero-order valence-electron chi connectivity index (χ0n) is 14.4. The number of ether oxygens (including phenoxy) is 2. The van der Waals surface area contributed by atoms with Crippen molar-refractivity contribution in [1.29, 1.82) is 0 Å². The zero-order valence-corrected chi connectivity index (χ0v) is 15.1. The molecular weight excluding hydrogens is 369 g/mol. The van der Waals surface area contributed by atoms with Gasteiger partial charge in [-0.2, -0.15) is 0 Å². The Morgan fingerprint density at radius 1 is 1.15 bits per heavy atom. The summed E-state index contributed by atoms with van der Waals surface area (Å²) in [5.74, 6) is 0.941. The first kappa shape index (κ1) is 16.7. The van der Waals surface area contributed by atoms with Crippen molar-refractivity contribution in [3.63, 3.8) is 0 Å². The first-order valence-corrected chi connectivity index (χ1v) is 9.32. The van der Waals surface area contributed by atoms with E-state index in [1.54, 1.807) is 6.07 Å². The number of anilines is 2. The lowest BCUT2D eigenvalue weighted by Crippen LogP contribution is -2.28. The molecule has 2 fully saturated rings. The molecule has 7 heteroatoms. The van der Waals surface area contributed by atoms with E-state index in [-0.39, 0.29) is 17.2 Å². The van der Waals surface area contributed by atoms with Crippen LogP contribution in [0.2, 0.25) is 5.02 Å². The standard InChI is InChI=1S/C20H17ClFN3O2/c21-15-7-11(1-5-16(15)22)25-20-14-4-2-12(8-17(14)23-10-24-20)27-19-9-13-3-6-18(19)26-13/h1-2,4-5,7-8,10,13,18-19H,3,6,9H2,(H,23,24,25). The van der Waals surface area contributed by atoms with E-state index in [1.165, 1.54) is 18.5 Å². The SMILES string of the molecule is Fc1ccc(Nc2ncnc3cc(OC4CC5CCC4O5)ccc23)cc1Cl. The molecule has 1 aromatic heterocycles. The molecule has 0 amide bonds. The predicted molar refractivity (Wildman–Crippen MR) is 101 cm³/mol. The maximum atomic E-state index is 13.3. The smallest absolute Gasteiger partial charge is 0.141 e. The minimum absolute atomic E-state index is 0.0575. The van der Waals surface area contributed by atoms with Crippen molar-refractivity contribution in [1.82, 2.24) is 9.97 Å². The van der Waals surface area contributed by atoms with Crippen molar-refractivity contribution in [2.75, 3.05) is 5.32 Å². The van der Waals surface area contributed by atoms with Crippen molar-refractivity contribution in [2.24, 2.45) is 0 Å². The van der Waals surface area contributed by atoms with Gasteiger partial charge in [0.05, 0.1) is 22.7 Å². The summed E-state index contributed by atoms with van der Waals surface area (Å²) in [4.78, 5) is 8.65. The van der Waals surface area contributed by atoms with Gasteiger partial charge in [0.15, 0.2) is 0 Å². The molecule has 2 aliphatic heterocycles. The molecule has 5 nitrogen and oxygen atoms in total. The molecule has 2 bridgehead atoms. The Bertz CT molecular complexity index is 1020. The number of hydrogen-bond donors (Lipinski definition) is 1. The van der Waals surface area contributed by atoms with Crippen molar-refractivity contribution >= 4 is 34.0 Å². The minimum Gasteiger partial charge on any atom is -0.488 e. The molecule has 0 saturated carbocycles. The van der Waals surface area contributed by atoms with Crippen molar-refractivity contribution in [3.05, 3.63) is 53.6 Å². The first-order chi connectivity index (χ1) is 13.2. The molecule has 3 unspecified atom stereocenters.